The van der Waals surface area contributed by atoms with E-state index in [2.05, 4.69) is 36.4 Å². The maximum absolute atomic E-state index is 5.55. The highest BCUT2D eigenvalue weighted by atomic mass is 79.9. The Morgan fingerprint density at radius 3 is 3.11 bits per heavy atom. The minimum Gasteiger partial charge on any atom is -0.376 e. The highest BCUT2D eigenvalue weighted by Crippen LogP contribution is 2.21. The number of anilines is 2. The summed E-state index contributed by atoms with van der Waals surface area (Å²) in [6.07, 6.45) is -0.167. The summed E-state index contributed by atoms with van der Waals surface area (Å²) in [7, 11) is 0. The SMILES string of the molecule is Brc1cccc(Nc2n[nH]c(C3COCCO3)n2)c1. The van der Waals surface area contributed by atoms with Crippen LogP contribution in [0.1, 0.15) is 11.9 Å². The third kappa shape index (κ3) is 3.12. The molecule has 1 fully saturated rings. The van der Waals surface area contributed by atoms with Crippen molar-refractivity contribution >= 4 is 27.6 Å². The average Bonchev–Trinajstić information content (AvgIpc) is 2.88. The summed E-state index contributed by atoms with van der Waals surface area (Å²) < 4.78 is 11.9. The van der Waals surface area contributed by atoms with E-state index in [1.54, 1.807) is 0 Å². The second-order valence-electron chi connectivity index (χ2n) is 4.11. The van der Waals surface area contributed by atoms with Crippen molar-refractivity contribution < 1.29 is 9.47 Å². The Kier molecular flexibility index (Phi) is 3.77. The molecular weight excluding hydrogens is 312 g/mol. The Hall–Kier alpha value is -1.44. The molecule has 7 heteroatoms. The fourth-order valence-corrected chi connectivity index (χ4v) is 2.21. The number of hydrogen-bond donors (Lipinski definition) is 2. The van der Waals surface area contributed by atoms with E-state index in [0.29, 0.717) is 31.6 Å². The summed E-state index contributed by atoms with van der Waals surface area (Å²) in [5.74, 6) is 1.19. The van der Waals surface area contributed by atoms with Crippen LogP contribution in [0.25, 0.3) is 0 Å². The third-order valence-electron chi connectivity index (χ3n) is 2.70. The van der Waals surface area contributed by atoms with Crippen LogP contribution in [0, 0.1) is 0 Å². The minimum absolute atomic E-state index is 0.167. The molecule has 0 spiro atoms. The maximum atomic E-state index is 5.55. The van der Waals surface area contributed by atoms with Gasteiger partial charge >= 0.3 is 0 Å². The number of ether oxygens (including phenoxy) is 2. The molecule has 1 saturated heterocycles. The Bertz CT molecular complexity index is 554. The van der Waals surface area contributed by atoms with Crippen LogP contribution in [0.4, 0.5) is 11.6 Å². The number of hydrogen-bond acceptors (Lipinski definition) is 5. The van der Waals surface area contributed by atoms with Gasteiger partial charge in [-0.05, 0) is 18.2 Å². The van der Waals surface area contributed by atoms with E-state index in [9.17, 15) is 0 Å². The minimum atomic E-state index is -0.167. The molecule has 2 aromatic rings. The van der Waals surface area contributed by atoms with Crippen LogP contribution in [-0.2, 0) is 9.47 Å². The topological polar surface area (TPSA) is 72.1 Å². The lowest BCUT2D eigenvalue weighted by Crippen LogP contribution is -2.22. The number of benzene rings is 1. The Balaban J connectivity index is 1.70. The van der Waals surface area contributed by atoms with Crippen LogP contribution in [0.2, 0.25) is 0 Å². The van der Waals surface area contributed by atoms with Gasteiger partial charge in [-0.1, -0.05) is 22.0 Å². The van der Waals surface area contributed by atoms with Crippen molar-refractivity contribution in [2.24, 2.45) is 0 Å². The number of aromatic nitrogens is 3. The summed E-state index contributed by atoms with van der Waals surface area (Å²) in [4.78, 5) is 4.36. The van der Waals surface area contributed by atoms with E-state index in [1.165, 1.54) is 0 Å². The molecule has 1 aliphatic heterocycles. The van der Waals surface area contributed by atoms with Crippen LogP contribution in [0.5, 0.6) is 0 Å². The number of H-pyrrole nitrogens is 1. The zero-order valence-electron chi connectivity index (χ0n) is 10.1. The van der Waals surface area contributed by atoms with E-state index in [4.69, 9.17) is 9.47 Å². The molecule has 2 N–H and O–H groups in total. The van der Waals surface area contributed by atoms with Gasteiger partial charge in [0.2, 0.25) is 5.95 Å². The molecule has 2 heterocycles. The van der Waals surface area contributed by atoms with Gasteiger partial charge in [-0.15, -0.1) is 5.10 Å². The highest BCUT2D eigenvalue weighted by Gasteiger charge is 2.20. The molecule has 19 heavy (non-hydrogen) atoms. The normalized spacial score (nSPS) is 19.3. The van der Waals surface area contributed by atoms with E-state index >= 15 is 0 Å². The molecule has 1 atom stereocenters. The fourth-order valence-electron chi connectivity index (χ4n) is 1.82. The smallest absolute Gasteiger partial charge is 0.246 e. The van der Waals surface area contributed by atoms with Crippen LogP contribution < -0.4 is 5.32 Å². The first-order valence-corrected chi connectivity index (χ1v) is 6.75. The van der Waals surface area contributed by atoms with Crippen molar-refractivity contribution in [3.05, 3.63) is 34.6 Å². The quantitative estimate of drug-likeness (QED) is 0.907. The van der Waals surface area contributed by atoms with Crippen molar-refractivity contribution in [1.82, 2.24) is 15.2 Å². The number of nitrogens with zero attached hydrogens (tertiary/aromatic N) is 2. The third-order valence-corrected chi connectivity index (χ3v) is 3.20. The molecule has 0 aliphatic carbocycles. The van der Waals surface area contributed by atoms with E-state index in [0.717, 1.165) is 10.2 Å². The maximum Gasteiger partial charge on any atom is 0.246 e. The lowest BCUT2D eigenvalue weighted by Gasteiger charge is -2.20. The number of nitrogens with one attached hydrogen (secondary N) is 2. The Morgan fingerprint density at radius 2 is 2.32 bits per heavy atom. The zero-order valence-corrected chi connectivity index (χ0v) is 11.7. The van der Waals surface area contributed by atoms with Crippen molar-refractivity contribution in [3.8, 4) is 0 Å². The second-order valence-corrected chi connectivity index (χ2v) is 5.03. The van der Waals surface area contributed by atoms with Crippen molar-refractivity contribution in [2.75, 3.05) is 25.1 Å². The zero-order chi connectivity index (χ0) is 13.1. The molecule has 6 nitrogen and oxygen atoms in total. The van der Waals surface area contributed by atoms with Crippen molar-refractivity contribution in [1.29, 1.82) is 0 Å². The van der Waals surface area contributed by atoms with Crippen molar-refractivity contribution in [3.63, 3.8) is 0 Å². The summed E-state index contributed by atoms with van der Waals surface area (Å²) in [6, 6.07) is 7.80. The molecule has 0 saturated carbocycles. The van der Waals surface area contributed by atoms with E-state index in [1.807, 2.05) is 24.3 Å². The first-order chi connectivity index (χ1) is 9.31. The van der Waals surface area contributed by atoms with Gasteiger partial charge in [0.25, 0.3) is 0 Å². The largest absolute Gasteiger partial charge is 0.376 e. The fraction of sp³-hybridized carbons (Fsp3) is 0.333. The molecular formula is C12H13BrN4O2. The molecule has 0 amide bonds. The van der Waals surface area contributed by atoms with Gasteiger partial charge in [0.1, 0.15) is 6.10 Å². The number of rotatable bonds is 3. The molecule has 100 valence electrons. The predicted octanol–water partition coefficient (Wildman–Crippen LogP) is 2.40. The molecule has 3 rings (SSSR count). The second kappa shape index (κ2) is 5.68. The van der Waals surface area contributed by atoms with Gasteiger partial charge < -0.3 is 14.8 Å². The highest BCUT2D eigenvalue weighted by molar-refractivity contribution is 9.10. The molecule has 0 bridgehead atoms. The van der Waals surface area contributed by atoms with E-state index < -0.39 is 0 Å². The molecule has 1 aliphatic rings. The van der Waals surface area contributed by atoms with Crippen LogP contribution >= 0.6 is 15.9 Å². The lowest BCUT2D eigenvalue weighted by molar-refractivity contribution is -0.0933. The standard InChI is InChI=1S/C12H13BrN4O2/c13-8-2-1-3-9(6-8)14-12-15-11(16-17-12)10-7-18-4-5-19-10/h1-3,6,10H,4-5,7H2,(H2,14,15,16,17). The summed E-state index contributed by atoms with van der Waals surface area (Å²) in [6.45, 7) is 1.72. The number of aromatic amines is 1. The summed E-state index contributed by atoms with van der Waals surface area (Å²) in [5.41, 5.74) is 0.917. The first-order valence-electron chi connectivity index (χ1n) is 5.95. The monoisotopic (exact) mass is 324 g/mol. The molecule has 1 unspecified atom stereocenters. The van der Waals surface area contributed by atoms with Gasteiger partial charge in [-0.3, -0.25) is 5.10 Å². The molecule has 1 aromatic heterocycles. The van der Waals surface area contributed by atoms with Gasteiger partial charge in [0.15, 0.2) is 5.82 Å². The van der Waals surface area contributed by atoms with Crippen LogP contribution in [0.3, 0.4) is 0 Å². The van der Waals surface area contributed by atoms with Gasteiger partial charge in [0.05, 0.1) is 19.8 Å². The Morgan fingerprint density at radius 1 is 1.37 bits per heavy atom. The first kappa shape index (κ1) is 12.6. The molecule has 0 radical (unpaired) electrons. The number of halogens is 1. The van der Waals surface area contributed by atoms with Gasteiger partial charge in [-0.2, -0.15) is 4.98 Å². The van der Waals surface area contributed by atoms with Gasteiger partial charge in [-0.25, -0.2) is 0 Å². The molecule has 1 aromatic carbocycles. The van der Waals surface area contributed by atoms with Crippen LogP contribution in [0.15, 0.2) is 28.7 Å². The summed E-state index contributed by atoms with van der Waals surface area (Å²) in [5, 5.41) is 10.1. The van der Waals surface area contributed by atoms with Crippen molar-refractivity contribution in [2.45, 2.75) is 6.10 Å². The predicted molar refractivity (Wildman–Crippen MR) is 73.3 cm³/mol. The lowest BCUT2D eigenvalue weighted by atomic mass is 10.3. The van der Waals surface area contributed by atoms with Gasteiger partial charge in [0, 0.05) is 10.2 Å². The van der Waals surface area contributed by atoms with E-state index in [-0.39, 0.29) is 6.10 Å². The summed E-state index contributed by atoms with van der Waals surface area (Å²) >= 11 is 3.42. The average molecular weight is 325 g/mol. The Labute approximate surface area is 118 Å². The van der Waals surface area contributed by atoms with Crippen LogP contribution in [-0.4, -0.2) is 35.0 Å².